The summed E-state index contributed by atoms with van der Waals surface area (Å²) >= 11 is 1.54. The Hall–Kier alpha value is -3.22. The van der Waals surface area contributed by atoms with Crippen molar-refractivity contribution in [3.05, 3.63) is 98.9 Å². The lowest BCUT2D eigenvalue weighted by atomic mass is 10.1. The van der Waals surface area contributed by atoms with E-state index in [9.17, 15) is 9.59 Å². The quantitative estimate of drug-likeness (QED) is 0.553. The molecule has 0 saturated carbocycles. The van der Waals surface area contributed by atoms with E-state index in [1.807, 2.05) is 54.5 Å². The fourth-order valence-corrected chi connectivity index (χ4v) is 4.52. The van der Waals surface area contributed by atoms with Crippen LogP contribution in [0, 0.1) is 13.8 Å². The minimum absolute atomic E-state index is 0.139. The second kappa shape index (κ2) is 10.6. The van der Waals surface area contributed by atoms with Crippen molar-refractivity contribution >= 4 is 29.2 Å². The van der Waals surface area contributed by atoms with Gasteiger partial charge in [-0.05, 0) is 60.2 Å². The number of nitrogens with zero attached hydrogens (tertiary/aromatic N) is 2. The third-order valence-corrected chi connectivity index (χ3v) is 6.81. The SMILES string of the molecule is Cc1ccc(C(=O)N/C(=C/c2cccs2)C(=O)N2CCN(Cc3ccccc3)CC2)cc1C. The third-order valence-electron chi connectivity index (χ3n) is 5.99. The van der Waals surface area contributed by atoms with Crippen LogP contribution in [0.4, 0.5) is 0 Å². The molecule has 1 aliphatic heterocycles. The summed E-state index contributed by atoms with van der Waals surface area (Å²) in [5.74, 6) is -0.406. The van der Waals surface area contributed by atoms with E-state index in [-0.39, 0.29) is 11.8 Å². The molecule has 0 atom stereocenters. The zero-order valence-electron chi connectivity index (χ0n) is 19.1. The highest BCUT2D eigenvalue weighted by atomic mass is 32.1. The zero-order chi connectivity index (χ0) is 23.2. The molecule has 2 amide bonds. The first-order valence-electron chi connectivity index (χ1n) is 11.2. The number of piperazine rings is 1. The molecule has 0 radical (unpaired) electrons. The van der Waals surface area contributed by atoms with Crippen molar-refractivity contribution in [2.75, 3.05) is 26.2 Å². The molecule has 33 heavy (non-hydrogen) atoms. The van der Waals surface area contributed by atoms with E-state index < -0.39 is 0 Å². The van der Waals surface area contributed by atoms with Crippen LogP contribution >= 0.6 is 11.3 Å². The molecule has 0 spiro atoms. The molecule has 1 aliphatic rings. The summed E-state index contributed by atoms with van der Waals surface area (Å²) in [5.41, 5.74) is 4.32. The number of hydrogen-bond donors (Lipinski definition) is 1. The van der Waals surface area contributed by atoms with Crippen LogP contribution < -0.4 is 5.32 Å². The number of aryl methyl sites for hydroxylation is 2. The lowest BCUT2D eigenvalue weighted by Crippen LogP contribution is -2.50. The molecule has 2 aromatic carbocycles. The van der Waals surface area contributed by atoms with Crippen LogP contribution in [-0.2, 0) is 11.3 Å². The molecule has 0 aliphatic carbocycles. The second-order valence-corrected chi connectivity index (χ2v) is 9.36. The molecular weight excluding hydrogens is 430 g/mol. The van der Waals surface area contributed by atoms with Gasteiger partial charge in [0.15, 0.2) is 0 Å². The van der Waals surface area contributed by atoms with E-state index in [4.69, 9.17) is 0 Å². The fraction of sp³-hybridized carbons (Fsp3) is 0.259. The molecule has 1 fully saturated rings. The molecule has 3 aromatic rings. The molecule has 0 unspecified atom stereocenters. The molecular formula is C27H29N3O2S. The van der Waals surface area contributed by atoms with Gasteiger partial charge in [-0.2, -0.15) is 0 Å². The van der Waals surface area contributed by atoms with E-state index in [1.54, 1.807) is 12.1 Å². The number of benzene rings is 2. The first kappa shape index (κ1) is 23.0. The van der Waals surface area contributed by atoms with Crippen molar-refractivity contribution in [1.82, 2.24) is 15.1 Å². The smallest absolute Gasteiger partial charge is 0.270 e. The number of carbonyl (C=O) groups is 2. The summed E-state index contributed by atoms with van der Waals surface area (Å²) in [6, 6.07) is 19.8. The van der Waals surface area contributed by atoms with Crippen molar-refractivity contribution in [2.45, 2.75) is 20.4 Å². The number of thiophene rings is 1. The molecule has 5 nitrogen and oxygen atoms in total. The minimum atomic E-state index is -0.267. The maximum absolute atomic E-state index is 13.4. The van der Waals surface area contributed by atoms with Crippen LogP contribution in [0.5, 0.6) is 0 Å². The van der Waals surface area contributed by atoms with Gasteiger partial charge in [-0.25, -0.2) is 0 Å². The van der Waals surface area contributed by atoms with Gasteiger partial charge in [0.25, 0.3) is 11.8 Å². The summed E-state index contributed by atoms with van der Waals surface area (Å²) in [7, 11) is 0. The van der Waals surface area contributed by atoms with Gasteiger partial charge in [-0.1, -0.05) is 42.5 Å². The fourth-order valence-electron chi connectivity index (χ4n) is 3.87. The van der Waals surface area contributed by atoms with Crippen LogP contribution in [0.1, 0.15) is 31.9 Å². The van der Waals surface area contributed by atoms with Crippen LogP contribution in [-0.4, -0.2) is 47.8 Å². The van der Waals surface area contributed by atoms with E-state index in [2.05, 4.69) is 34.5 Å². The van der Waals surface area contributed by atoms with Gasteiger partial charge >= 0.3 is 0 Å². The largest absolute Gasteiger partial charge is 0.335 e. The third kappa shape index (κ3) is 5.97. The van der Waals surface area contributed by atoms with Crippen molar-refractivity contribution in [1.29, 1.82) is 0 Å². The van der Waals surface area contributed by atoms with Crippen molar-refractivity contribution < 1.29 is 9.59 Å². The number of amides is 2. The highest BCUT2D eigenvalue weighted by Crippen LogP contribution is 2.17. The first-order valence-corrected chi connectivity index (χ1v) is 12.1. The first-order chi connectivity index (χ1) is 16.0. The zero-order valence-corrected chi connectivity index (χ0v) is 19.9. The van der Waals surface area contributed by atoms with Gasteiger partial charge in [-0.3, -0.25) is 14.5 Å². The van der Waals surface area contributed by atoms with Crippen LogP contribution in [0.15, 0.2) is 71.7 Å². The Morgan fingerprint density at radius 1 is 0.939 bits per heavy atom. The van der Waals surface area contributed by atoms with Gasteiger partial charge in [-0.15, -0.1) is 11.3 Å². The standard InChI is InChI=1S/C27H29N3O2S/c1-20-10-11-23(17-21(20)2)26(31)28-25(18-24-9-6-16-33-24)27(32)30-14-12-29(13-15-30)19-22-7-4-3-5-8-22/h3-11,16-18H,12-15,19H2,1-2H3,(H,28,31)/b25-18+. The Kier molecular flexibility index (Phi) is 7.37. The minimum Gasteiger partial charge on any atom is -0.335 e. The van der Waals surface area contributed by atoms with Crippen LogP contribution in [0.25, 0.3) is 6.08 Å². The number of hydrogen-bond acceptors (Lipinski definition) is 4. The van der Waals surface area contributed by atoms with Crippen LogP contribution in [0.3, 0.4) is 0 Å². The summed E-state index contributed by atoms with van der Waals surface area (Å²) in [4.78, 5) is 31.5. The lowest BCUT2D eigenvalue weighted by molar-refractivity contribution is -0.129. The predicted molar refractivity (Wildman–Crippen MR) is 134 cm³/mol. The Morgan fingerprint density at radius 3 is 2.36 bits per heavy atom. The maximum atomic E-state index is 13.4. The highest BCUT2D eigenvalue weighted by Gasteiger charge is 2.25. The van der Waals surface area contributed by atoms with Crippen molar-refractivity contribution in [3.8, 4) is 0 Å². The van der Waals surface area contributed by atoms with Gasteiger partial charge < -0.3 is 10.2 Å². The average molecular weight is 460 g/mol. The van der Waals surface area contributed by atoms with Crippen molar-refractivity contribution in [3.63, 3.8) is 0 Å². The maximum Gasteiger partial charge on any atom is 0.270 e. The highest BCUT2D eigenvalue weighted by molar-refractivity contribution is 7.10. The number of nitrogens with one attached hydrogen (secondary N) is 1. The van der Waals surface area contributed by atoms with Gasteiger partial charge in [0.05, 0.1) is 0 Å². The Bertz CT molecular complexity index is 1130. The monoisotopic (exact) mass is 459 g/mol. The molecule has 4 rings (SSSR count). The van der Waals surface area contributed by atoms with E-state index in [0.717, 1.165) is 35.6 Å². The summed E-state index contributed by atoms with van der Waals surface area (Å²) in [6.07, 6.45) is 1.78. The Balaban J connectivity index is 1.45. The molecule has 1 aromatic heterocycles. The summed E-state index contributed by atoms with van der Waals surface area (Å²) in [5, 5.41) is 4.85. The number of carbonyl (C=O) groups excluding carboxylic acids is 2. The average Bonchev–Trinajstić information content (AvgIpc) is 3.34. The Morgan fingerprint density at radius 2 is 1.70 bits per heavy atom. The van der Waals surface area contributed by atoms with E-state index >= 15 is 0 Å². The normalized spacial score (nSPS) is 14.8. The molecule has 1 N–H and O–H groups in total. The van der Waals surface area contributed by atoms with E-state index in [1.165, 1.54) is 16.9 Å². The topological polar surface area (TPSA) is 52.7 Å². The van der Waals surface area contributed by atoms with Crippen LogP contribution in [0.2, 0.25) is 0 Å². The Labute approximate surface area is 199 Å². The lowest BCUT2D eigenvalue weighted by Gasteiger charge is -2.35. The van der Waals surface area contributed by atoms with Crippen molar-refractivity contribution in [2.24, 2.45) is 0 Å². The van der Waals surface area contributed by atoms with E-state index in [0.29, 0.717) is 24.4 Å². The van der Waals surface area contributed by atoms with Gasteiger partial charge in [0.2, 0.25) is 0 Å². The van der Waals surface area contributed by atoms with Gasteiger partial charge in [0, 0.05) is 43.2 Å². The molecule has 1 saturated heterocycles. The molecule has 6 heteroatoms. The predicted octanol–water partition coefficient (Wildman–Crippen LogP) is 4.48. The molecule has 170 valence electrons. The summed E-state index contributed by atoms with van der Waals surface area (Å²) in [6.45, 7) is 7.74. The second-order valence-electron chi connectivity index (χ2n) is 8.38. The number of rotatable bonds is 6. The molecule has 2 heterocycles. The summed E-state index contributed by atoms with van der Waals surface area (Å²) < 4.78 is 0. The van der Waals surface area contributed by atoms with Gasteiger partial charge in [0.1, 0.15) is 5.70 Å². The molecule has 0 bridgehead atoms.